The van der Waals surface area contributed by atoms with Crippen LogP contribution in [0.5, 0.6) is 0 Å². The quantitative estimate of drug-likeness (QED) is 0.787. The third-order valence-corrected chi connectivity index (χ3v) is 3.27. The van der Waals surface area contributed by atoms with E-state index in [1.807, 2.05) is 18.2 Å². The molecule has 2 aromatic rings. The van der Waals surface area contributed by atoms with Crippen molar-refractivity contribution in [1.82, 2.24) is 15.5 Å². The number of nitrogens with zero attached hydrogens (tertiary/aromatic N) is 2. The van der Waals surface area contributed by atoms with Gasteiger partial charge in [-0.3, -0.25) is 0 Å². The van der Waals surface area contributed by atoms with E-state index < -0.39 is 0 Å². The summed E-state index contributed by atoms with van der Waals surface area (Å²) >= 11 is 0. The SMILES string of the molecule is CC(C)NCCCc1nnc(C(C)c2ccccc2)o1. The summed E-state index contributed by atoms with van der Waals surface area (Å²) in [6.07, 6.45) is 1.84. The maximum absolute atomic E-state index is 5.76. The zero-order chi connectivity index (χ0) is 14.4. The third-order valence-electron chi connectivity index (χ3n) is 3.27. The Labute approximate surface area is 120 Å². The molecule has 0 radical (unpaired) electrons. The molecule has 4 nitrogen and oxygen atoms in total. The maximum atomic E-state index is 5.76. The van der Waals surface area contributed by atoms with Crippen LogP contribution in [0.3, 0.4) is 0 Å². The van der Waals surface area contributed by atoms with E-state index in [9.17, 15) is 0 Å². The van der Waals surface area contributed by atoms with Crippen molar-refractivity contribution < 1.29 is 4.42 Å². The summed E-state index contributed by atoms with van der Waals surface area (Å²) < 4.78 is 5.76. The summed E-state index contributed by atoms with van der Waals surface area (Å²) in [7, 11) is 0. The normalized spacial score (nSPS) is 12.8. The number of hydrogen-bond acceptors (Lipinski definition) is 4. The summed E-state index contributed by atoms with van der Waals surface area (Å²) in [6.45, 7) is 7.36. The van der Waals surface area contributed by atoms with Gasteiger partial charge in [-0.25, -0.2) is 0 Å². The van der Waals surface area contributed by atoms with Crippen molar-refractivity contribution in [3.63, 3.8) is 0 Å². The molecule has 0 spiro atoms. The average molecular weight is 273 g/mol. The fraction of sp³-hybridized carbons (Fsp3) is 0.500. The molecule has 1 N–H and O–H groups in total. The van der Waals surface area contributed by atoms with Gasteiger partial charge < -0.3 is 9.73 Å². The molecule has 0 aliphatic carbocycles. The second-order valence-electron chi connectivity index (χ2n) is 5.38. The van der Waals surface area contributed by atoms with E-state index in [-0.39, 0.29) is 5.92 Å². The lowest BCUT2D eigenvalue weighted by molar-refractivity contribution is 0.430. The van der Waals surface area contributed by atoms with E-state index >= 15 is 0 Å². The molecule has 1 unspecified atom stereocenters. The van der Waals surface area contributed by atoms with Gasteiger partial charge in [0.1, 0.15) is 0 Å². The molecule has 0 fully saturated rings. The summed E-state index contributed by atoms with van der Waals surface area (Å²) in [6, 6.07) is 10.8. The zero-order valence-corrected chi connectivity index (χ0v) is 12.5. The molecule has 0 amide bonds. The van der Waals surface area contributed by atoms with E-state index in [0.29, 0.717) is 11.9 Å². The lowest BCUT2D eigenvalue weighted by atomic mass is 10.0. The molecule has 0 saturated heterocycles. The topological polar surface area (TPSA) is 51.0 Å². The first-order valence-corrected chi connectivity index (χ1v) is 7.27. The van der Waals surface area contributed by atoms with E-state index in [4.69, 9.17) is 4.42 Å². The van der Waals surface area contributed by atoms with E-state index in [1.165, 1.54) is 5.56 Å². The van der Waals surface area contributed by atoms with Gasteiger partial charge in [0.05, 0.1) is 5.92 Å². The lowest BCUT2D eigenvalue weighted by Gasteiger charge is -2.06. The van der Waals surface area contributed by atoms with Gasteiger partial charge in [0.15, 0.2) is 0 Å². The molecule has 20 heavy (non-hydrogen) atoms. The second kappa shape index (κ2) is 7.20. The Morgan fingerprint density at radius 3 is 2.55 bits per heavy atom. The highest BCUT2D eigenvalue weighted by atomic mass is 16.4. The molecule has 4 heteroatoms. The van der Waals surface area contributed by atoms with Crippen LogP contribution < -0.4 is 5.32 Å². The first kappa shape index (κ1) is 14.7. The van der Waals surface area contributed by atoms with Gasteiger partial charge >= 0.3 is 0 Å². The Hall–Kier alpha value is -1.68. The predicted octanol–water partition coefficient (Wildman–Crippen LogP) is 3.15. The van der Waals surface area contributed by atoms with Crippen molar-refractivity contribution in [3.8, 4) is 0 Å². The highest BCUT2D eigenvalue weighted by Crippen LogP contribution is 2.22. The molecule has 0 aliphatic heterocycles. The zero-order valence-electron chi connectivity index (χ0n) is 12.5. The van der Waals surface area contributed by atoms with Crippen LogP contribution in [0.2, 0.25) is 0 Å². The smallest absolute Gasteiger partial charge is 0.223 e. The van der Waals surface area contributed by atoms with Crippen LogP contribution in [0, 0.1) is 0 Å². The van der Waals surface area contributed by atoms with Crippen LogP contribution in [0.15, 0.2) is 34.7 Å². The average Bonchev–Trinajstić information content (AvgIpc) is 2.92. The first-order chi connectivity index (χ1) is 9.66. The highest BCUT2D eigenvalue weighted by molar-refractivity contribution is 5.23. The van der Waals surface area contributed by atoms with Gasteiger partial charge in [0.25, 0.3) is 0 Å². The van der Waals surface area contributed by atoms with Crippen molar-refractivity contribution in [2.24, 2.45) is 0 Å². The van der Waals surface area contributed by atoms with Crippen LogP contribution in [-0.2, 0) is 6.42 Å². The van der Waals surface area contributed by atoms with Crippen molar-refractivity contribution in [2.45, 2.75) is 45.6 Å². The molecule has 0 saturated carbocycles. The number of benzene rings is 1. The fourth-order valence-corrected chi connectivity index (χ4v) is 2.06. The minimum atomic E-state index is 0.145. The Bertz CT molecular complexity index is 507. The molecule has 108 valence electrons. The molecular weight excluding hydrogens is 250 g/mol. The van der Waals surface area contributed by atoms with Crippen LogP contribution >= 0.6 is 0 Å². The summed E-state index contributed by atoms with van der Waals surface area (Å²) in [5.74, 6) is 1.57. The second-order valence-corrected chi connectivity index (χ2v) is 5.38. The Balaban J connectivity index is 1.89. The highest BCUT2D eigenvalue weighted by Gasteiger charge is 2.15. The van der Waals surface area contributed by atoms with Gasteiger partial charge in [-0.05, 0) is 25.5 Å². The Morgan fingerprint density at radius 2 is 1.85 bits per heavy atom. The van der Waals surface area contributed by atoms with E-state index in [0.717, 1.165) is 25.3 Å². The number of aromatic nitrogens is 2. The number of aryl methyl sites for hydroxylation is 1. The van der Waals surface area contributed by atoms with Gasteiger partial charge in [-0.1, -0.05) is 44.2 Å². The lowest BCUT2D eigenvalue weighted by Crippen LogP contribution is -2.23. The minimum Gasteiger partial charge on any atom is -0.425 e. The first-order valence-electron chi connectivity index (χ1n) is 7.27. The minimum absolute atomic E-state index is 0.145. The summed E-state index contributed by atoms with van der Waals surface area (Å²) in [4.78, 5) is 0. The number of rotatable bonds is 7. The standard InChI is InChI=1S/C16H23N3O/c1-12(2)17-11-7-10-15-18-19-16(20-15)13(3)14-8-5-4-6-9-14/h4-6,8-9,12-13,17H,7,10-11H2,1-3H3. The molecule has 1 atom stereocenters. The van der Waals surface area contributed by atoms with Gasteiger partial charge in [-0.2, -0.15) is 0 Å². The van der Waals surface area contributed by atoms with Crippen LogP contribution in [0.1, 0.15) is 50.5 Å². The van der Waals surface area contributed by atoms with E-state index in [1.54, 1.807) is 0 Å². The van der Waals surface area contributed by atoms with Crippen molar-refractivity contribution in [2.75, 3.05) is 6.54 Å². The maximum Gasteiger partial charge on any atom is 0.223 e. The molecule has 0 aliphatic rings. The van der Waals surface area contributed by atoms with Crippen molar-refractivity contribution in [3.05, 3.63) is 47.7 Å². The number of nitrogens with one attached hydrogen (secondary N) is 1. The Morgan fingerprint density at radius 1 is 1.10 bits per heavy atom. The van der Waals surface area contributed by atoms with Crippen molar-refractivity contribution in [1.29, 1.82) is 0 Å². The van der Waals surface area contributed by atoms with Gasteiger partial charge in [0, 0.05) is 12.5 Å². The van der Waals surface area contributed by atoms with Gasteiger partial charge in [0.2, 0.25) is 11.8 Å². The molecule has 1 aromatic heterocycles. The summed E-state index contributed by atoms with van der Waals surface area (Å²) in [5.41, 5.74) is 1.20. The molecule has 0 bridgehead atoms. The molecular formula is C16H23N3O. The van der Waals surface area contributed by atoms with Crippen LogP contribution in [-0.4, -0.2) is 22.8 Å². The predicted molar refractivity (Wildman–Crippen MR) is 79.7 cm³/mol. The fourth-order valence-electron chi connectivity index (χ4n) is 2.06. The molecule has 2 rings (SSSR count). The monoisotopic (exact) mass is 273 g/mol. The number of hydrogen-bond donors (Lipinski definition) is 1. The molecule has 1 heterocycles. The third kappa shape index (κ3) is 4.17. The molecule has 1 aromatic carbocycles. The van der Waals surface area contributed by atoms with E-state index in [2.05, 4.69) is 48.4 Å². The van der Waals surface area contributed by atoms with Gasteiger partial charge in [-0.15, -0.1) is 10.2 Å². The van der Waals surface area contributed by atoms with Crippen LogP contribution in [0.4, 0.5) is 0 Å². The Kier molecular flexibility index (Phi) is 5.30. The summed E-state index contributed by atoms with van der Waals surface area (Å²) in [5, 5.41) is 11.7. The van der Waals surface area contributed by atoms with Crippen LogP contribution in [0.25, 0.3) is 0 Å². The largest absolute Gasteiger partial charge is 0.425 e. The van der Waals surface area contributed by atoms with Crippen molar-refractivity contribution >= 4 is 0 Å².